The SMILES string of the molecule is CC(C)C=C(CC(C)C)C1=CC=C2C=CC3=CC(C(C)(C)C)CC4=C3C2C1C=C4. The lowest BCUT2D eigenvalue weighted by Crippen LogP contribution is -2.32. The molecule has 0 fully saturated rings. The highest BCUT2D eigenvalue weighted by Crippen LogP contribution is 2.53. The second kappa shape index (κ2) is 7.46. The number of rotatable bonds is 4. The summed E-state index contributed by atoms with van der Waals surface area (Å²) in [5.74, 6) is 2.87. The van der Waals surface area contributed by atoms with Crippen LogP contribution in [0.5, 0.6) is 0 Å². The van der Waals surface area contributed by atoms with Crippen molar-refractivity contribution < 1.29 is 0 Å². The van der Waals surface area contributed by atoms with Crippen LogP contribution in [-0.2, 0) is 0 Å². The minimum absolute atomic E-state index is 0.308. The van der Waals surface area contributed by atoms with E-state index in [9.17, 15) is 0 Å². The standard InChI is InChI=1S/C29H38/c1-18(2)14-23(15-19(3)4)25-12-10-20-8-9-21-16-24(29(5,6)7)17-22-11-13-26(25)28(20)27(21)22/h8-14,16,18-19,24,26,28H,15,17H2,1-7H3. The molecule has 0 aromatic heterocycles. The van der Waals surface area contributed by atoms with E-state index in [0.29, 0.717) is 35.0 Å². The molecule has 4 aliphatic rings. The van der Waals surface area contributed by atoms with Crippen LogP contribution < -0.4 is 0 Å². The van der Waals surface area contributed by atoms with Crippen molar-refractivity contribution >= 4 is 0 Å². The van der Waals surface area contributed by atoms with Gasteiger partial charge in [-0.15, -0.1) is 0 Å². The van der Waals surface area contributed by atoms with Gasteiger partial charge in [-0.25, -0.2) is 0 Å². The first-order chi connectivity index (χ1) is 13.6. The number of hydrogen-bond acceptors (Lipinski definition) is 0. The molecule has 0 radical (unpaired) electrons. The molecule has 0 heterocycles. The maximum absolute atomic E-state index is 2.57. The van der Waals surface area contributed by atoms with Crippen LogP contribution in [-0.4, -0.2) is 0 Å². The van der Waals surface area contributed by atoms with Crippen LogP contribution in [0.25, 0.3) is 0 Å². The fourth-order valence-corrected chi connectivity index (χ4v) is 5.50. The van der Waals surface area contributed by atoms with Gasteiger partial charge >= 0.3 is 0 Å². The fraction of sp³-hybridized carbons (Fsp3) is 0.517. The minimum atomic E-state index is 0.308. The summed E-state index contributed by atoms with van der Waals surface area (Å²) < 4.78 is 0. The molecule has 0 saturated heterocycles. The molecule has 0 aromatic rings. The monoisotopic (exact) mass is 386 g/mol. The molecular weight excluding hydrogens is 348 g/mol. The van der Waals surface area contributed by atoms with Crippen molar-refractivity contribution in [2.75, 3.05) is 0 Å². The Kier molecular flexibility index (Phi) is 5.26. The highest BCUT2D eigenvalue weighted by molar-refractivity contribution is 5.64. The van der Waals surface area contributed by atoms with E-state index in [1.165, 1.54) is 24.0 Å². The van der Waals surface area contributed by atoms with Gasteiger partial charge in [-0.1, -0.05) is 97.1 Å². The molecule has 0 bridgehead atoms. The van der Waals surface area contributed by atoms with Gasteiger partial charge in [-0.2, -0.15) is 0 Å². The van der Waals surface area contributed by atoms with Gasteiger partial charge in [-0.05, 0) is 69.4 Å². The largest absolute Gasteiger partial charge is 0.0784 e. The second-order valence-electron chi connectivity index (χ2n) is 11.3. The third-order valence-electron chi connectivity index (χ3n) is 6.93. The molecular formula is C29H38. The van der Waals surface area contributed by atoms with Crippen molar-refractivity contribution in [1.82, 2.24) is 0 Å². The lowest BCUT2D eigenvalue weighted by Gasteiger charge is -2.44. The Hall–Kier alpha value is -1.82. The van der Waals surface area contributed by atoms with Gasteiger partial charge in [0.25, 0.3) is 0 Å². The van der Waals surface area contributed by atoms with Crippen molar-refractivity contribution in [3.05, 3.63) is 82.0 Å². The van der Waals surface area contributed by atoms with E-state index in [1.807, 2.05) is 0 Å². The molecule has 4 aliphatic carbocycles. The molecule has 4 rings (SSSR count). The summed E-state index contributed by atoms with van der Waals surface area (Å²) in [6.45, 7) is 16.4. The third kappa shape index (κ3) is 3.83. The summed E-state index contributed by atoms with van der Waals surface area (Å²) in [4.78, 5) is 0. The lowest BCUT2D eigenvalue weighted by atomic mass is 9.60. The molecule has 0 heteroatoms. The van der Waals surface area contributed by atoms with Crippen LogP contribution in [0.2, 0.25) is 0 Å². The number of allylic oxidation sites excluding steroid dienone is 14. The van der Waals surface area contributed by atoms with Crippen LogP contribution in [0.4, 0.5) is 0 Å². The lowest BCUT2D eigenvalue weighted by molar-refractivity contribution is 0.287. The molecule has 0 saturated carbocycles. The molecule has 154 valence electrons. The summed E-state index contributed by atoms with van der Waals surface area (Å²) in [5.41, 5.74) is 9.60. The van der Waals surface area contributed by atoms with Gasteiger partial charge in [0.2, 0.25) is 0 Å². The zero-order valence-electron chi connectivity index (χ0n) is 19.4. The van der Waals surface area contributed by atoms with Crippen LogP contribution in [0.3, 0.4) is 0 Å². The molecule has 0 amide bonds. The summed E-state index contributed by atoms with van der Waals surface area (Å²) in [7, 11) is 0. The molecule has 0 nitrogen and oxygen atoms in total. The van der Waals surface area contributed by atoms with E-state index in [1.54, 1.807) is 22.3 Å². The van der Waals surface area contributed by atoms with E-state index in [4.69, 9.17) is 0 Å². The zero-order chi connectivity index (χ0) is 20.9. The predicted molar refractivity (Wildman–Crippen MR) is 126 cm³/mol. The van der Waals surface area contributed by atoms with E-state index < -0.39 is 0 Å². The highest BCUT2D eigenvalue weighted by Gasteiger charge is 2.41. The van der Waals surface area contributed by atoms with Crippen LogP contribution >= 0.6 is 0 Å². The molecule has 3 atom stereocenters. The van der Waals surface area contributed by atoms with Crippen molar-refractivity contribution in [1.29, 1.82) is 0 Å². The van der Waals surface area contributed by atoms with E-state index in [-0.39, 0.29) is 0 Å². The topological polar surface area (TPSA) is 0 Å². The van der Waals surface area contributed by atoms with Crippen molar-refractivity contribution in [3.8, 4) is 0 Å². The molecule has 0 aromatic carbocycles. The molecule has 0 aliphatic heterocycles. The van der Waals surface area contributed by atoms with Gasteiger partial charge < -0.3 is 0 Å². The van der Waals surface area contributed by atoms with Gasteiger partial charge in [0.15, 0.2) is 0 Å². The van der Waals surface area contributed by atoms with E-state index in [2.05, 4.69) is 97.1 Å². The Bertz CT molecular complexity index is 896. The maximum atomic E-state index is 2.57. The van der Waals surface area contributed by atoms with Crippen molar-refractivity contribution in [3.63, 3.8) is 0 Å². The first kappa shape index (κ1) is 20.5. The van der Waals surface area contributed by atoms with Gasteiger partial charge in [-0.3, -0.25) is 0 Å². The Labute approximate surface area is 178 Å². The van der Waals surface area contributed by atoms with Crippen LogP contribution in [0, 0.1) is 35.0 Å². The Balaban J connectivity index is 1.76. The summed E-state index contributed by atoms with van der Waals surface area (Å²) in [5, 5.41) is 0. The van der Waals surface area contributed by atoms with Gasteiger partial charge in [0, 0.05) is 11.8 Å². The predicted octanol–water partition coefficient (Wildman–Crippen LogP) is 8.14. The Morgan fingerprint density at radius 1 is 1.07 bits per heavy atom. The Morgan fingerprint density at radius 3 is 2.48 bits per heavy atom. The van der Waals surface area contributed by atoms with Gasteiger partial charge in [0.05, 0.1) is 0 Å². The zero-order valence-corrected chi connectivity index (χ0v) is 19.4. The summed E-state index contributed by atoms with van der Waals surface area (Å²) >= 11 is 0. The first-order valence-electron chi connectivity index (χ1n) is 11.6. The molecule has 0 spiro atoms. The third-order valence-corrected chi connectivity index (χ3v) is 6.93. The molecule has 3 unspecified atom stereocenters. The van der Waals surface area contributed by atoms with Crippen LogP contribution in [0.1, 0.15) is 61.3 Å². The molecule has 29 heavy (non-hydrogen) atoms. The summed E-state index contributed by atoms with van der Waals surface area (Å²) in [6, 6.07) is 0. The first-order valence-corrected chi connectivity index (χ1v) is 11.6. The average Bonchev–Trinajstić information content (AvgIpc) is 2.63. The second-order valence-corrected chi connectivity index (χ2v) is 11.3. The number of hydrogen-bond donors (Lipinski definition) is 0. The van der Waals surface area contributed by atoms with E-state index >= 15 is 0 Å². The fourth-order valence-electron chi connectivity index (χ4n) is 5.50. The quantitative estimate of drug-likeness (QED) is 0.457. The Morgan fingerprint density at radius 2 is 1.83 bits per heavy atom. The van der Waals surface area contributed by atoms with Gasteiger partial charge in [0.1, 0.15) is 0 Å². The average molecular weight is 387 g/mol. The normalized spacial score (nSPS) is 28.5. The smallest absolute Gasteiger partial charge is 0.0201 e. The maximum Gasteiger partial charge on any atom is 0.0201 e. The van der Waals surface area contributed by atoms with Crippen LogP contribution in [0.15, 0.2) is 82.0 Å². The molecule has 0 N–H and O–H groups in total. The summed E-state index contributed by atoms with van der Waals surface area (Å²) in [6.07, 6.45) is 22.0. The minimum Gasteiger partial charge on any atom is -0.0784 e. The van der Waals surface area contributed by atoms with E-state index in [0.717, 1.165) is 0 Å². The highest BCUT2D eigenvalue weighted by atomic mass is 14.4. The van der Waals surface area contributed by atoms with Crippen molar-refractivity contribution in [2.45, 2.75) is 61.3 Å². The van der Waals surface area contributed by atoms with Crippen molar-refractivity contribution in [2.24, 2.45) is 35.0 Å².